The lowest BCUT2D eigenvalue weighted by atomic mass is 10.00. The van der Waals surface area contributed by atoms with E-state index in [0.29, 0.717) is 0 Å². The van der Waals surface area contributed by atoms with Gasteiger partial charge in [-0.05, 0) is 36.6 Å². The summed E-state index contributed by atoms with van der Waals surface area (Å²) in [6, 6.07) is 14.1. The Labute approximate surface area is 158 Å². The van der Waals surface area contributed by atoms with Gasteiger partial charge in [0.15, 0.2) is 0 Å². The summed E-state index contributed by atoms with van der Waals surface area (Å²) in [5.74, 6) is -0.495. The molecular weight excluding hydrogens is 344 g/mol. The second kappa shape index (κ2) is 8.68. The van der Waals surface area contributed by atoms with Crippen molar-refractivity contribution < 1.29 is 19.4 Å². The Morgan fingerprint density at radius 2 is 1.96 bits per heavy atom. The van der Waals surface area contributed by atoms with Gasteiger partial charge in [0.1, 0.15) is 11.8 Å². The number of carbonyl (C=O) groups excluding carboxylic acids is 1. The van der Waals surface area contributed by atoms with Gasteiger partial charge in [0.2, 0.25) is 5.91 Å². The molecule has 0 spiro atoms. The van der Waals surface area contributed by atoms with E-state index in [9.17, 15) is 14.7 Å². The number of amides is 1. The van der Waals surface area contributed by atoms with Crippen LogP contribution in [0.4, 0.5) is 0 Å². The summed E-state index contributed by atoms with van der Waals surface area (Å²) in [6.07, 6.45) is 1.91. The number of methoxy groups -OCH3 is 1. The number of rotatable bonds is 7. The number of carboxylic acid groups (broad SMARTS) is 1. The Balaban J connectivity index is 1.69. The average molecular weight is 368 g/mol. The van der Waals surface area contributed by atoms with E-state index in [0.717, 1.165) is 41.8 Å². The molecule has 0 aromatic heterocycles. The lowest BCUT2D eigenvalue weighted by Gasteiger charge is -2.18. The quantitative estimate of drug-likeness (QED) is 0.698. The number of nitrogens with one attached hydrogen (secondary N) is 2. The molecule has 2 aromatic rings. The number of hydrogen-bond acceptors (Lipinski definition) is 4. The lowest BCUT2D eigenvalue weighted by Crippen LogP contribution is -2.49. The minimum absolute atomic E-state index is 0.236. The summed E-state index contributed by atoms with van der Waals surface area (Å²) < 4.78 is 5.39. The molecule has 2 atom stereocenters. The first-order chi connectivity index (χ1) is 13.1. The van der Waals surface area contributed by atoms with Gasteiger partial charge < -0.3 is 20.5 Å². The number of para-hydroxylation sites is 1. The van der Waals surface area contributed by atoms with Crippen LogP contribution in [0.2, 0.25) is 0 Å². The molecule has 27 heavy (non-hydrogen) atoms. The number of benzene rings is 2. The van der Waals surface area contributed by atoms with Crippen LogP contribution in [0.1, 0.15) is 18.4 Å². The molecule has 6 heteroatoms. The fourth-order valence-corrected chi connectivity index (χ4v) is 3.32. The highest BCUT2D eigenvalue weighted by Crippen LogP contribution is 2.29. The molecule has 2 aromatic carbocycles. The van der Waals surface area contributed by atoms with Crippen molar-refractivity contribution in [1.82, 2.24) is 10.6 Å². The van der Waals surface area contributed by atoms with E-state index < -0.39 is 12.0 Å². The van der Waals surface area contributed by atoms with Gasteiger partial charge in [-0.1, -0.05) is 42.5 Å². The Morgan fingerprint density at radius 3 is 2.59 bits per heavy atom. The Morgan fingerprint density at radius 1 is 1.22 bits per heavy atom. The van der Waals surface area contributed by atoms with E-state index in [-0.39, 0.29) is 18.4 Å². The minimum atomic E-state index is -1.03. The van der Waals surface area contributed by atoms with Crippen LogP contribution >= 0.6 is 0 Å². The van der Waals surface area contributed by atoms with Crippen LogP contribution in [0.25, 0.3) is 11.1 Å². The van der Waals surface area contributed by atoms with Gasteiger partial charge >= 0.3 is 5.97 Å². The molecular formula is C21H24N2O4. The normalized spacial score (nSPS) is 17.3. The number of ether oxygens (including phenoxy) is 1. The molecule has 1 heterocycles. The van der Waals surface area contributed by atoms with Crippen molar-refractivity contribution in [2.75, 3.05) is 13.7 Å². The summed E-state index contributed by atoms with van der Waals surface area (Å²) in [5, 5.41) is 15.2. The van der Waals surface area contributed by atoms with Gasteiger partial charge in [-0.2, -0.15) is 0 Å². The molecule has 1 aliphatic heterocycles. The minimum Gasteiger partial charge on any atom is -0.496 e. The molecule has 0 aliphatic carbocycles. The monoisotopic (exact) mass is 368 g/mol. The Kier molecular flexibility index (Phi) is 6.08. The first-order valence-electron chi connectivity index (χ1n) is 9.07. The zero-order chi connectivity index (χ0) is 19.2. The molecule has 1 saturated heterocycles. The molecule has 1 fully saturated rings. The van der Waals surface area contributed by atoms with Crippen LogP contribution in [0.3, 0.4) is 0 Å². The van der Waals surface area contributed by atoms with Gasteiger partial charge in [-0.3, -0.25) is 4.79 Å². The van der Waals surface area contributed by atoms with Crippen LogP contribution in [-0.4, -0.2) is 42.7 Å². The van der Waals surface area contributed by atoms with Crippen molar-refractivity contribution in [3.63, 3.8) is 0 Å². The van der Waals surface area contributed by atoms with Crippen LogP contribution in [0, 0.1) is 0 Å². The molecule has 142 valence electrons. The third-order valence-corrected chi connectivity index (χ3v) is 4.80. The van der Waals surface area contributed by atoms with Crippen molar-refractivity contribution in [3.05, 3.63) is 54.1 Å². The van der Waals surface area contributed by atoms with Crippen LogP contribution in [-0.2, 0) is 16.0 Å². The first kappa shape index (κ1) is 18.9. The molecule has 3 rings (SSSR count). The molecule has 3 N–H and O–H groups in total. The van der Waals surface area contributed by atoms with Crippen LogP contribution in [0.15, 0.2) is 48.5 Å². The van der Waals surface area contributed by atoms with Gasteiger partial charge in [0, 0.05) is 12.0 Å². The molecule has 6 nitrogen and oxygen atoms in total. The van der Waals surface area contributed by atoms with E-state index in [1.165, 1.54) is 0 Å². The van der Waals surface area contributed by atoms with E-state index in [4.69, 9.17) is 4.74 Å². The first-order valence-corrected chi connectivity index (χ1v) is 9.07. The van der Waals surface area contributed by atoms with E-state index in [2.05, 4.69) is 10.6 Å². The zero-order valence-corrected chi connectivity index (χ0v) is 15.3. The number of carbonyl (C=O) groups is 2. The average Bonchev–Trinajstić information content (AvgIpc) is 3.23. The fourth-order valence-electron chi connectivity index (χ4n) is 3.32. The van der Waals surface area contributed by atoms with Crippen LogP contribution < -0.4 is 15.4 Å². The summed E-state index contributed by atoms with van der Waals surface area (Å²) in [7, 11) is 1.63. The van der Waals surface area contributed by atoms with Gasteiger partial charge in [0.25, 0.3) is 0 Å². The summed E-state index contributed by atoms with van der Waals surface area (Å²) >= 11 is 0. The standard InChI is InChI=1S/C21H24N2O4/c1-27-19-7-3-2-5-16(19)15-10-8-14(9-11-15)13-18(21(25)26)23-20(24)17-6-4-12-22-17/h2-3,5,7-11,17-18,22H,4,6,12-13H2,1H3,(H,23,24)(H,25,26)/t17-,18-/m0/s1. The topological polar surface area (TPSA) is 87.7 Å². The third kappa shape index (κ3) is 4.65. The third-order valence-electron chi connectivity index (χ3n) is 4.80. The fraction of sp³-hybridized carbons (Fsp3) is 0.333. The van der Waals surface area contributed by atoms with Crippen molar-refractivity contribution in [1.29, 1.82) is 0 Å². The van der Waals surface area contributed by atoms with Crippen molar-refractivity contribution in [2.45, 2.75) is 31.3 Å². The molecule has 0 bridgehead atoms. The summed E-state index contributed by atoms with van der Waals surface area (Å²) in [5.41, 5.74) is 2.81. The highest BCUT2D eigenvalue weighted by Gasteiger charge is 2.27. The Hall–Kier alpha value is -2.86. The maximum Gasteiger partial charge on any atom is 0.326 e. The van der Waals surface area contributed by atoms with Gasteiger partial charge in [-0.15, -0.1) is 0 Å². The van der Waals surface area contributed by atoms with Crippen molar-refractivity contribution >= 4 is 11.9 Å². The zero-order valence-electron chi connectivity index (χ0n) is 15.3. The summed E-state index contributed by atoms with van der Waals surface area (Å²) in [4.78, 5) is 23.8. The van der Waals surface area contributed by atoms with Crippen molar-refractivity contribution in [2.24, 2.45) is 0 Å². The maximum absolute atomic E-state index is 12.2. The van der Waals surface area contributed by atoms with E-state index in [1.54, 1.807) is 7.11 Å². The van der Waals surface area contributed by atoms with E-state index >= 15 is 0 Å². The molecule has 0 unspecified atom stereocenters. The highest BCUT2D eigenvalue weighted by atomic mass is 16.5. The lowest BCUT2D eigenvalue weighted by molar-refractivity contribution is -0.142. The smallest absolute Gasteiger partial charge is 0.326 e. The molecule has 1 amide bonds. The number of carboxylic acids is 1. The second-order valence-electron chi connectivity index (χ2n) is 6.65. The highest BCUT2D eigenvalue weighted by molar-refractivity contribution is 5.87. The molecule has 0 saturated carbocycles. The van der Waals surface area contributed by atoms with Crippen molar-refractivity contribution in [3.8, 4) is 16.9 Å². The van der Waals surface area contributed by atoms with Gasteiger partial charge in [0.05, 0.1) is 13.2 Å². The van der Waals surface area contributed by atoms with E-state index in [1.807, 2.05) is 48.5 Å². The Bertz CT molecular complexity index is 798. The summed E-state index contributed by atoms with van der Waals surface area (Å²) in [6.45, 7) is 0.792. The number of aliphatic carboxylic acids is 1. The van der Waals surface area contributed by atoms with Crippen LogP contribution in [0.5, 0.6) is 5.75 Å². The number of hydrogen-bond donors (Lipinski definition) is 3. The van der Waals surface area contributed by atoms with Gasteiger partial charge in [-0.25, -0.2) is 4.79 Å². The SMILES string of the molecule is COc1ccccc1-c1ccc(C[C@H](NC(=O)[C@@H]2CCCN2)C(=O)O)cc1. The second-order valence-corrected chi connectivity index (χ2v) is 6.65. The largest absolute Gasteiger partial charge is 0.496 e. The molecule has 0 radical (unpaired) electrons. The predicted molar refractivity (Wildman–Crippen MR) is 103 cm³/mol. The molecule has 1 aliphatic rings. The maximum atomic E-state index is 12.2. The predicted octanol–water partition coefficient (Wildman–Crippen LogP) is 2.23.